The summed E-state index contributed by atoms with van der Waals surface area (Å²) in [7, 11) is 1.61. The SMILES string of the molecule is COc1ccc(OCC(C)=NO)cc1. The first kappa shape index (κ1) is 10.4. The average molecular weight is 195 g/mol. The molecule has 0 saturated heterocycles. The van der Waals surface area contributed by atoms with Crippen molar-refractivity contribution in [1.82, 2.24) is 0 Å². The van der Waals surface area contributed by atoms with Gasteiger partial charge in [0.05, 0.1) is 12.8 Å². The van der Waals surface area contributed by atoms with Crippen LogP contribution < -0.4 is 9.47 Å². The molecule has 0 unspecified atom stereocenters. The fourth-order valence-corrected chi connectivity index (χ4v) is 0.889. The molecule has 0 aliphatic carbocycles. The van der Waals surface area contributed by atoms with E-state index >= 15 is 0 Å². The highest BCUT2D eigenvalue weighted by Crippen LogP contribution is 2.16. The van der Waals surface area contributed by atoms with Gasteiger partial charge in [0.15, 0.2) is 0 Å². The zero-order valence-corrected chi connectivity index (χ0v) is 8.23. The van der Waals surface area contributed by atoms with Crippen LogP contribution in [0.3, 0.4) is 0 Å². The van der Waals surface area contributed by atoms with Crippen LogP contribution in [0.2, 0.25) is 0 Å². The summed E-state index contributed by atoms with van der Waals surface area (Å²) in [6.07, 6.45) is 0. The van der Waals surface area contributed by atoms with Gasteiger partial charge in [0.2, 0.25) is 0 Å². The van der Waals surface area contributed by atoms with Gasteiger partial charge < -0.3 is 14.7 Å². The minimum Gasteiger partial charge on any atom is -0.497 e. The van der Waals surface area contributed by atoms with E-state index < -0.39 is 0 Å². The Morgan fingerprint density at radius 2 is 1.86 bits per heavy atom. The molecule has 0 bridgehead atoms. The molecule has 0 spiro atoms. The summed E-state index contributed by atoms with van der Waals surface area (Å²) in [6, 6.07) is 7.20. The predicted octanol–water partition coefficient (Wildman–Crippen LogP) is 1.92. The van der Waals surface area contributed by atoms with Crippen LogP contribution in [0.1, 0.15) is 6.92 Å². The van der Waals surface area contributed by atoms with Crippen molar-refractivity contribution in [2.75, 3.05) is 13.7 Å². The first-order valence-corrected chi connectivity index (χ1v) is 4.20. The molecule has 0 aliphatic rings. The Hall–Kier alpha value is -1.71. The smallest absolute Gasteiger partial charge is 0.129 e. The third kappa shape index (κ3) is 2.97. The Kier molecular flexibility index (Phi) is 3.79. The quantitative estimate of drug-likeness (QED) is 0.453. The number of rotatable bonds is 4. The summed E-state index contributed by atoms with van der Waals surface area (Å²) < 4.78 is 10.3. The number of nitrogens with zero attached hydrogens (tertiary/aromatic N) is 1. The second kappa shape index (κ2) is 5.11. The first-order valence-electron chi connectivity index (χ1n) is 4.20. The van der Waals surface area contributed by atoms with Crippen molar-refractivity contribution < 1.29 is 14.7 Å². The summed E-state index contributed by atoms with van der Waals surface area (Å²) in [5.41, 5.74) is 0.529. The summed E-state index contributed by atoms with van der Waals surface area (Å²) in [5.74, 6) is 1.50. The molecule has 0 saturated carbocycles. The van der Waals surface area contributed by atoms with Gasteiger partial charge in [-0.2, -0.15) is 0 Å². The molecule has 4 nitrogen and oxygen atoms in total. The molecule has 1 aromatic rings. The van der Waals surface area contributed by atoms with E-state index in [9.17, 15) is 0 Å². The van der Waals surface area contributed by atoms with Crippen molar-refractivity contribution in [3.05, 3.63) is 24.3 Å². The van der Waals surface area contributed by atoms with Crippen LogP contribution >= 0.6 is 0 Å². The number of benzene rings is 1. The van der Waals surface area contributed by atoms with E-state index in [1.54, 1.807) is 38.3 Å². The monoisotopic (exact) mass is 195 g/mol. The second-order valence-corrected chi connectivity index (χ2v) is 2.80. The lowest BCUT2D eigenvalue weighted by molar-refractivity contribution is 0.307. The molecule has 0 atom stereocenters. The minimum absolute atomic E-state index is 0.281. The first-order chi connectivity index (χ1) is 6.76. The Morgan fingerprint density at radius 3 is 2.36 bits per heavy atom. The predicted molar refractivity (Wildman–Crippen MR) is 53.4 cm³/mol. The molecule has 14 heavy (non-hydrogen) atoms. The summed E-state index contributed by atoms with van der Waals surface area (Å²) in [6.45, 7) is 1.96. The van der Waals surface area contributed by atoms with Gasteiger partial charge in [-0.3, -0.25) is 0 Å². The molecule has 0 heterocycles. The van der Waals surface area contributed by atoms with Crippen LogP contribution in [-0.2, 0) is 0 Å². The number of oxime groups is 1. The molecule has 0 aromatic heterocycles. The molecule has 0 aliphatic heterocycles. The lowest BCUT2D eigenvalue weighted by atomic mass is 10.3. The van der Waals surface area contributed by atoms with E-state index in [1.165, 1.54) is 0 Å². The minimum atomic E-state index is 0.281. The van der Waals surface area contributed by atoms with Crippen molar-refractivity contribution in [2.45, 2.75) is 6.92 Å². The summed E-state index contributed by atoms with van der Waals surface area (Å²) >= 11 is 0. The van der Waals surface area contributed by atoms with Gasteiger partial charge in [-0.05, 0) is 31.2 Å². The summed E-state index contributed by atoms with van der Waals surface area (Å²) in [4.78, 5) is 0. The standard InChI is InChI=1S/C10H13NO3/c1-8(11-12)7-14-10-5-3-9(13-2)4-6-10/h3-6,12H,7H2,1-2H3. The lowest BCUT2D eigenvalue weighted by Crippen LogP contribution is -2.07. The highest BCUT2D eigenvalue weighted by atomic mass is 16.5. The molecule has 0 amide bonds. The Bertz CT molecular complexity index is 306. The van der Waals surface area contributed by atoms with E-state index in [4.69, 9.17) is 14.7 Å². The van der Waals surface area contributed by atoms with Gasteiger partial charge >= 0.3 is 0 Å². The highest BCUT2D eigenvalue weighted by molar-refractivity contribution is 5.82. The Balaban J connectivity index is 2.52. The van der Waals surface area contributed by atoms with Crippen molar-refractivity contribution in [3.8, 4) is 11.5 Å². The van der Waals surface area contributed by atoms with Crippen LogP contribution in [0.25, 0.3) is 0 Å². The molecule has 76 valence electrons. The number of ether oxygens (including phenoxy) is 2. The van der Waals surface area contributed by atoms with Crippen LogP contribution in [0, 0.1) is 0 Å². The third-order valence-corrected chi connectivity index (χ3v) is 1.68. The maximum absolute atomic E-state index is 8.38. The normalized spacial score (nSPS) is 11.1. The van der Waals surface area contributed by atoms with Crippen LogP contribution in [0.5, 0.6) is 11.5 Å². The van der Waals surface area contributed by atoms with E-state index in [2.05, 4.69) is 5.16 Å². The van der Waals surface area contributed by atoms with Gasteiger partial charge in [-0.15, -0.1) is 0 Å². The maximum atomic E-state index is 8.38. The van der Waals surface area contributed by atoms with Crippen LogP contribution in [0.15, 0.2) is 29.4 Å². The fourth-order valence-electron chi connectivity index (χ4n) is 0.889. The number of hydrogen-bond donors (Lipinski definition) is 1. The largest absolute Gasteiger partial charge is 0.497 e. The van der Waals surface area contributed by atoms with Gasteiger partial charge in [0, 0.05) is 0 Å². The van der Waals surface area contributed by atoms with E-state index in [0.29, 0.717) is 11.5 Å². The lowest BCUT2D eigenvalue weighted by Gasteiger charge is -2.05. The highest BCUT2D eigenvalue weighted by Gasteiger charge is 1.96. The maximum Gasteiger partial charge on any atom is 0.129 e. The van der Waals surface area contributed by atoms with Gasteiger partial charge in [0.1, 0.15) is 18.1 Å². The van der Waals surface area contributed by atoms with Gasteiger partial charge in [-0.1, -0.05) is 5.16 Å². The van der Waals surface area contributed by atoms with E-state index in [-0.39, 0.29) is 6.61 Å². The molecule has 0 fully saturated rings. The molecule has 4 heteroatoms. The van der Waals surface area contributed by atoms with Crippen molar-refractivity contribution >= 4 is 5.71 Å². The number of hydrogen-bond acceptors (Lipinski definition) is 4. The fraction of sp³-hybridized carbons (Fsp3) is 0.300. The molecular weight excluding hydrogens is 182 g/mol. The second-order valence-electron chi connectivity index (χ2n) is 2.80. The molecular formula is C10H13NO3. The zero-order valence-electron chi connectivity index (χ0n) is 8.23. The van der Waals surface area contributed by atoms with Gasteiger partial charge in [-0.25, -0.2) is 0 Å². The van der Waals surface area contributed by atoms with E-state index in [1.807, 2.05) is 0 Å². The van der Waals surface area contributed by atoms with Gasteiger partial charge in [0.25, 0.3) is 0 Å². The van der Waals surface area contributed by atoms with Crippen molar-refractivity contribution in [2.24, 2.45) is 5.16 Å². The summed E-state index contributed by atoms with van der Waals surface area (Å²) in [5, 5.41) is 11.4. The van der Waals surface area contributed by atoms with Crippen LogP contribution in [-0.4, -0.2) is 24.6 Å². The molecule has 0 radical (unpaired) electrons. The van der Waals surface area contributed by atoms with Crippen LogP contribution in [0.4, 0.5) is 0 Å². The number of methoxy groups -OCH3 is 1. The zero-order chi connectivity index (χ0) is 10.4. The Morgan fingerprint density at radius 1 is 1.29 bits per heavy atom. The van der Waals surface area contributed by atoms with Crippen molar-refractivity contribution in [3.63, 3.8) is 0 Å². The third-order valence-electron chi connectivity index (χ3n) is 1.68. The Labute approximate surface area is 82.8 Å². The average Bonchev–Trinajstić information content (AvgIpc) is 2.26. The topological polar surface area (TPSA) is 51.0 Å². The molecule has 1 rings (SSSR count). The molecule has 1 aromatic carbocycles. The van der Waals surface area contributed by atoms with Crippen molar-refractivity contribution in [1.29, 1.82) is 0 Å². The van der Waals surface area contributed by atoms with E-state index in [0.717, 1.165) is 5.75 Å². The molecule has 1 N–H and O–H groups in total.